The number of rotatable bonds is 7. The van der Waals surface area contributed by atoms with Gasteiger partial charge in [0, 0.05) is 44.3 Å². The quantitative estimate of drug-likeness (QED) is 0.160. The largest absolute Gasteiger partial charge is 0.310 e. The highest BCUT2D eigenvalue weighted by Gasteiger charge is 2.23. The SMILES string of the molecule is c1ccc(-c2ccc3cc(N(c4cccc(-c5cccc6nc(-c7ccccc7)sc56)c4)c4cc5c(c6ccccc46)c4ccccc4n5-c4ccccc4)ccc3c2)cc1. The minimum Gasteiger partial charge on any atom is -0.310 e. The zero-order valence-corrected chi connectivity index (χ0v) is 33.9. The Labute approximate surface area is 357 Å². The van der Waals surface area contributed by atoms with Crippen LogP contribution in [0.1, 0.15) is 0 Å². The Morgan fingerprint density at radius 2 is 1.05 bits per heavy atom. The molecule has 0 aliphatic rings. The summed E-state index contributed by atoms with van der Waals surface area (Å²) in [4.78, 5) is 7.56. The van der Waals surface area contributed by atoms with Crippen molar-refractivity contribution in [2.45, 2.75) is 0 Å². The highest BCUT2D eigenvalue weighted by atomic mass is 32.1. The van der Waals surface area contributed by atoms with Crippen molar-refractivity contribution < 1.29 is 0 Å². The second kappa shape index (κ2) is 14.5. The Hall–Kier alpha value is -7.79. The lowest BCUT2D eigenvalue weighted by Crippen LogP contribution is -2.11. The predicted octanol–water partition coefficient (Wildman–Crippen LogP) is 16.2. The van der Waals surface area contributed by atoms with Crippen molar-refractivity contribution in [2.24, 2.45) is 0 Å². The van der Waals surface area contributed by atoms with Gasteiger partial charge < -0.3 is 9.47 Å². The maximum Gasteiger partial charge on any atom is 0.124 e. The van der Waals surface area contributed by atoms with Gasteiger partial charge in [0.15, 0.2) is 0 Å². The van der Waals surface area contributed by atoms with Crippen LogP contribution < -0.4 is 4.90 Å². The molecule has 0 atom stereocenters. The predicted molar refractivity (Wildman–Crippen MR) is 260 cm³/mol. The molecule has 0 saturated carbocycles. The molecule has 4 heteroatoms. The smallest absolute Gasteiger partial charge is 0.124 e. The van der Waals surface area contributed by atoms with Gasteiger partial charge in [-0.2, -0.15) is 0 Å². The van der Waals surface area contributed by atoms with E-state index in [1.54, 1.807) is 11.3 Å². The summed E-state index contributed by atoms with van der Waals surface area (Å²) in [5.74, 6) is 0. The summed E-state index contributed by atoms with van der Waals surface area (Å²) < 4.78 is 3.61. The van der Waals surface area contributed by atoms with Crippen LogP contribution in [0.2, 0.25) is 0 Å². The molecule has 0 spiro atoms. The standard InChI is InChI=1S/C57H37N3S/c1-4-16-38(17-5-1)40-30-31-42-35-46(33-32-41(42)34-40)59(45-23-14-20-43(36-45)47-27-15-28-51-56(47)61-57(58-51)39-18-6-2-7-19-39)53-37-54-55(49-25-11-10-24-48(49)53)50-26-12-13-29-52(50)60(54)44-21-8-3-9-22-44/h1-37H. The number of benzene rings is 10. The van der Waals surface area contributed by atoms with Gasteiger partial charge in [-0.1, -0.05) is 164 Å². The van der Waals surface area contributed by atoms with Crippen LogP contribution in [0, 0.1) is 0 Å². The monoisotopic (exact) mass is 795 g/mol. The molecule has 2 heterocycles. The Morgan fingerprint density at radius 1 is 0.410 bits per heavy atom. The average Bonchev–Trinajstić information content (AvgIpc) is 3.92. The third kappa shape index (κ3) is 5.99. The molecule has 0 saturated heterocycles. The third-order valence-corrected chi connectivity index (χ3v) is 13.1. The molecule has 2 aromatic heterocycles. The lowest BCUT2D eigenvalue weighted by molar-refractivity contribution is 1.18. The molecule has 61 heavy (non-hydrogen) atoms. The number of fused-ring (bicyclic) bond motifs is 7. The third-order valence-electron chi connectivity index (χ3n) is 12.0. The Kier molecular flexibility index (Phi) is 8.36. The maximum absolute atomic E-state index is 5.10. The molecule has 286 valence electrons. The Bertz CT molecular complexity index is 3590. The molecule has 0 unspecified atom stereocenters. The van der Waals surface area contributed by atoms with E-state index in [0.717, 1.165) is 44.4 Å². The summed E-state index contributed by atoms with van der Waals surface area (Å²) in [5.41, 5.74) is 13.7. The van der Waals surface area contributed by atoms with Crippen molar-refractivity contribution in [3.8, 4) is 38.5 Å². The molecular weight excluding hydrogens is 759 g/mol. The summed E-state index contributed by atoms with van der Waals surface area (Å²) in [6.07, 6.45) is 0. The first kappa shape index (κ1) is 35.2. The van der Waals surface area contributed by atoms with Crippen molar-refractivity contribution in [3.05, 3.63) is 224 Å². The van der Waals surface area contributed by atoms with E-state index >= 15 is 0 Å². The van der Waals surface area contributed by atoms with Crippen LogP contribution in [-0.4, -0.2) is 9.55 Å². The van der Waals surface area contributed by atoms with Gasteiger partial charge in [-0.05, 0) is 93.5 Å². The van der Waals surface area contributed by atoms with E-state index in [0.29, 0.717) is 0 Å². The summed E-state index contributed by atoms with van der Waals surface area (Å²) in [7, 11) is 0. The number of anilines is 3. The number of thiazole rings is 1. The number of hydrogen-bond donors (Lipinski definition) is 0. The fourth-order valence-electron chi connectivity index (χ4n) is 9.15. The second-order valence-corrected chi connectivity index (χ2v) is 16.6. The summed E-state index contributed by atoms with van der Waals surface area (Å²) in [6, 6.07) is 81.3. The van der Waals surface area contributed by atoms with Gasteiger partial charge in [-0.3, -0.25) is 0 Å². The summed E-state index contributed by atoms with van der Waals surface area (Å²) in [5, 5.41) is 8.32. The first-order valence-electron chi connectivity index (χ1n) is 20.7. The van der Waals surface area contributed by atoms with Crippen LogP contribution in [0.4, 0.5) is 17.1 Å². The zero-order valence-electron chi connectivity index (χ0n) is 33.1. The van der Waals surface area contributed by atoms with Gasteiger partial charge in [0.25, 0.3) is 0 Å². The van der Waals surface area contributed by atoms with E-state index in [1.165, 1.54) is 64.7 Å². The molecule has 12 aromatic rings. The van der Waals surface area contributed by atoms with Gasteiger partial charge in [-0.25, -0.2) is 4.98 Å². The lowest BCUT2D eigenvalue weighted by Gasteiger charge is -2.28. The van der Waals surface area contributed by atoms with Gasteiger partial charge in [-0.15, -0.1) is 11.3 Å². The number of aromatic nitrogens is 2. The molecule has 0 aliphatic heterocycles. The van der Waals surface area contributed by atoms with E-state index in [9.17, 15) is 0 Å². The first-order chi connectivity index (χ1) is 30.2. The number of hydrogen-bond acceptors (Lipinski definition) is 3. The van der Waals surface area contributed by atoms with Crippen LogP contribution in [0.25, 0.3) is 92.1 Å². The van der Waals surface area contributed by atoms with Gasteiger partial charge in [0.05, 0.1) is 26.9 Å². The zero-order chi connectivity index (χ0) is 40.3. The fourth-order valence-corrected chi connectivity index (χ4v) is 10.3. The Morgan fingerprint density at radius 3 is 1.87 bits per heavy atom. The molecular formula is C57H37N3S. The Balaban J connectivity index is 1.11. The molecule has 10 aromatic carbocycles. The van der Waals surface area contributed by atoms with Crippen molar-refractivity contribution in [3.63, 3.8) is 0 Å². The summed E-state index contributed by atoms with van der Waals surface area (Å²) >= 11 is 1.76. The van der Waals surface area contributed by atoms with E-state index < -0.39 is 0 Å². The molecule has 12 rings (SSSR count). The van der Waals surface area contributed by atoms with Crippen molar-refractivity contribution in [2.75, 3.05) is 4.90 Å². The van der Waals surface area contributed by atoms with Crippen molar-refractivity contribution in [1.82, 2.24) is 9.55 Å². The van der Waals surface area contributed by atoms with Crippen molar-refractivity contribution in [1.29, 1.82) is 0 Å². The topological polar surface area (TPSA) is 21.1 Å². The van der Waals surface area contributed by atoms with Crippen LogP contribution in [0.15, 0.2) is 224 Å². The average molecular weight is 796 g/mol. The van der Waals surface area contributed by atoms with Crippen molar-refractivity contribution >= 4 is 82.0 Å². The van der Waals surface area contributed by atoms with Gasteiger partial charge >= 0.3 is 0 Å². The highest BCUT2D eigenvalue weighted by Crippen LogP contribution is 2.47. The van der Waals surface area contributed by atoms with E-state index in [4.69, 9.17) is 4.98 Å². The molecule has 0 bridgehead atoms. The number of nitrogens with zero attached hydrogens (tertiary/aromatic N) is 3. The van der Waals surface area contributed by atoms with Gasteiger partial charge in [0.2, 0.25) is 0 Å². The van der Waals surface area contributed by atoms with E-state index in [1.807, 2.05) is 0 Å². The fraction of sp³-hybridized carbons (Fsp3) is 0. The lowest BCUT2D eigenvalue weighted by atomic mass is 9.98. The second-order valence-electron chi connectivity index (χ2n) is 15.6. The molecule has 0 fully saturated rings. The molecule has 0 radical (unpaired) electrons. The summed E-state index contributed by atoms with van der Waals surface area (Å²) in [6.45, 7) is 0. The first-order valence-corrected chi connectivity index (χ1v) is 21.5. The molecule has 0 aliphatic carbocycles. The molecule has 3 nitrogen and oxygen atoms in total. The van der Waals surface area contributed by atoms with Crippen LogP contribution in [0.3, 0.4) is 0 Å². The minimum atomic E-state index is 1.01. The molecule has 0 amide bonds. The van der Waals surface area contributed by atoms with Gasteiger partial charge in [0.1, 0.15) is 5.01 Å². The normalized spacial score (nSPS) is 11.6. The maximum atomic E-state index is 5.10. The highest BCUT2D eigenvalue weighted by molar-refractivity contribution is 7.22. The number of para-hydroxylation sites is 2. The van der Waals surface area contributed by atoms with Crippen LogP contribution >= 0.6 is 11.3 Å². The minimum absolute atomic E-state index is 1.01. The van der Waals surface area contributed by atoms with E-state index in [-0.39, 0.29) is 0 Å². The van der Waals surface area contributed by atoms with Crippen LogP contribution in [-0.2, 0) is 0 Å². The van der Waals surface area contributed by atoms with Crippen LogP contribution in [0.5, 0.6) is 0 Å². The van der Waals surface area contributed by atoms with E-state index in [2.05, 4.69) is 234 Å². The molecule has 0 N–H and O–H groups in total.